The Labute approximate surface area is 77.5 Å². The van der Waals surface area contributed by atoms with Gasteiger partial charge in [0.15, 0.2) is 18.1 Å². The highest BCUT2D eigenvalue weighted by molar-refractivity contribution is 5.39. The van der Waals surface area contributed by atoms with E-state index in [2.05, 4.69) is 0 Å². The number of benzene rings is 1. The lowest BCUT2D eigenvalue weighted by Gasteiger charge is -2.08. The fraction of sp³-hybridized carbons (Fsp3) is 0.300. The predicted octanol–water partition coefficient (Wildman–Crippen LogP) is 1.99. The third-order valence-electron chi connectivity index (χ3n) is 1.44. The number of hydrogen-bond acceptors (Lipinski definition) is 3. The van der Waals surface area contributed by atoms with Gasteiger partial charge in [-0.15, -0.1) is 0 Å². The zero-order chi connectivity index (χ0) is 9.52. The first kappa shape index (κ1) is 9.40. The summed E-state index contributed by atoms with van der Waals surface area (Å²) in [5, 5.41) is 8.33. The van der Waals surface area contributed by atoms with E-state index in [-0.39, 0.29) is 6.61 Å². The molecular weight excluding hydrogens is 166 g/mol. The van der Waals surface area contributed by atoms with Gasteiger partial charge >= 0.3 is 0 Å². The van der Waals surface area contributed by atoms with Crippen molar-refractivity contribution >= 4 is 0 Å². The van der Waals surface area contributed by atoms with E-state index >= 15 is 0 Å². The van der Waals surface area contributed by atoms with E-state index in [4.69, 9.17) is 14.7 Å². The van der Waals surface area contributed by atoms with Gasteiger partial charge in [0, 0.05) is 0 Å². The second-order valence-corrected chi connectivity index (χ2v) is 2.33. The third-order valence-corrected chi connectivity index (χ3v) is 1.44. The SMILES string of the molecule is CCOc1ccccc1OCC#N. The minimum Gasteiger partial charge on any atom is -0.490 e. The lowest BCUT2D eigenvalue weighted by Crippen LogP contribution is -1.98. The van der Waals surface area contributed by atoms with Crippen LogP contribution in [0.25, 0.3) is 0 Å². The smallest absolute Gasteiger partial charge is 0.174 e. The maximum atomic E-state index is 8.33. The van der Waals surface area contributed by atoms with Crippen LogP contribution >= 0.6 is 0 Å². The summed E-state index contributed by atoms with van der Waals surface area (Å²) in [4.78, 5) is 0. The molecule has 0 N–H and O–H groups in total. The van der Waals surface area contributed by atoms with Crippen molar-refractivity contribution in [2.45, 2.75) is 6.92 Å². The molecule has 0 aliphatic rings. The first-order valence-corrected chi connectivity index (χ1v) is 4.10. The highest BCUT2D eigenvalue weighted by Gasteiger charge is 2.01. The molecule has 3 heteroatoms. The van der Waals surface area contributed by atoms with Crippen molar-refractivity contribution in [3.8, 4) is 17.6 Å². The van der Waals surface area contributed by atoms with Gasteiger partial charge in [0.2, 0.25) is 0 Å². The molecule has 0 heterocycles. The molecule has 0 bridgehead atoms. The monoisotopic (exact) mass is 177 g/mol. The Morgan fingerprint density at radius 3 is 2.38 bits per heavy atom. The zero-order valence-electron chi connectivity index (χ0n) is 7.49. The molecule has 0 aliphatic carbocycles. The number of para-hydroxylation sites is 2. The number of nitrogens with zero attached hydrogens (tertiary/aromatic N) is 1. The minimum absolute atomic E-state index is 0.0457. The van der Waals surface area contributed by atoms with Crippen LogP contribution in [0, 0.1) is 11.3 Å². The van der Waals surface area contributed by atoms with Gasteiger partial charge < -0.3 is 9.47 Å². The Morgan fingerprint density at radius 1 is 1.23 bits per heavy atom. The van der Waals surface area contributed by atoms with Crippen LogP contribution in [-0.4, -0.2) is 13.2 Å². The first-order chi connectivity index (χ1) is 6.38. The van der Waals surface area contributed by atoms with Crippen molar-refractivity contribution in [1.82, 2.24) is 0 Å². The lowest BCUT2D eigenvalue weighted by atomic mass is 10.3. The van der Waals surface area contributed by atoms with Gasteiger partial charge in [-0.25, -0.2) is 0 Å². The van der Waals surface area contributed by atoms with E-state index in [9.17, 15) is 0 Å². The van der Waals surface area contributed by atoms with Crippen molar-refractivity contribution in [3.63, 3.8) is 0 Å². The van der Waals surface area contributed by atoms with E-state index in [0.29, 0.717) is 18.1 Å². The molecule has 0 saturated heterocycles. The molecule has 1 rings (SSSR count). The molecule has 13 heavy (non-hydrogen) atoms. The fourth-order valence-electron chi connectivity index (χ4n) is 0.954. The van der Waals surface area contributed by atoms with E-state index in [1.54, 1.807) is 6.07 Å². The lowest BCUT2D eigenvalue weighted by molar-refractivity contribution is 0.298. The van der Waals surface area contributed by atoms with Crippen LogP contribution in [0.1, 0.15) is 6.92 Å². The van der Waals surface area contributed by atoms with Gasteiger partial charge in [0.25, 0.3) is 0 Å². The maximum absolute atomic E-state index is 8.33. The summed E-state index contributed by atoms with van der Waals surface area (Å²) in [6.07, 6.45) is 0. The van der Waals surface area contributed by atoms with Crippen LogP contribution in [0.4, 0.5) is 0 Å². The zero-order valence-corrected chi connectivity index (χ0v) is 7.49. The average molecular weight is 177 g/mol. The predicted molar refractivity (Wildman–Crippen MR) is 48.7 cm³/mol. The van der Waals surface area contributed by atoms with E-state index in [0.717, 1.165) is 0 Å². The van der Waals surface area contributed by atoms with Crippen LogP contribution in [-0.2, 0) is 0 Å². The quantitative estimate of drug-likeness (QED) is 0.706. The Hall–Kier alpha value is -1.69. The Kier molecular flexibility index (Phi) is 3.65. The summed E-state index contributed by atoms with van der Waals surface area (Å²) >= 11 is 0. The van der Waals surface area contributed by atoms with Crippen molar-refractivity contribution < 1.29 is 9.47 Å². The fourth-order valence-corrected chi connectivity index (χ4v) is 0.954. The van der Waals surface area contributed by atoms with Crippen molar-refractivity contribution in [3.05, 3.63) is 24.3 Å². The molecule has 3 nitrogen and oxygen atoms in total. The second-order valence-electron chi connectivity index (χ2n) is 2.33. The Bertz CT molecular complexity index is 304. The van der Waals surface area contributed by atoms with Crippen LogP contribution < -0.4 is 9.47 Å². The van der Waals surface area contributed by atoms with Crippen LogP contribution in [0.2, 0.25) is 0 Å². The summed E-state index contributed by atoms with van der Waals surface area (Å²) < 4.78 is 10.5. The summed E-state index contributed by atoms with van der Waals surface area (Å²) in [6.45, 7) is 2.54. The Morgan fingerprint density at radius 2 is 1.85 bits per heavy atom. The van der Waals surface area contributed by atoms with Gasteiger partial charge in [0.1, 0.15) is 6.07 Å². The molecule has 0 saturated carbocycles. The third kappa shape index (κ3) is 2.68. The summed E-state index contributed by atoms with van der Waals surface area (Å²) in [6, 6.07) is 9.21. The normalized spacial score (nSPS) is 8.92. The van der Waals surface area contributed by atoms with Gasteiger partial charge in [0.05, 0.1) is 6.61 Å². The van der Waals surface area contributed by atoms with E-state index in [1.165, 1.54) is 0 Å². The van der Waals surface area contributed by atoms with Crippen LogP contribution in [0.15, 0.2) is 24.3 Å². The molecule has 0 amide bonds. The Balaban J connectivity index is 2.73. The molecule has 0 unspecified atom stereocenters. The largest absolute Gasteiger partial charge is 0.490 e. The first-order valence-electron chi connectivity index (χ1n) is 4.10. The molecule has 1 aromatic rings. The molecular formula is C10H11NO2. The highest BCUT2D eigenvalue weighted by Crippen LogP contribution is 2.25. The molecule has 0 atom stereocenters. The van der Waals surface area contributed by atoms with Crippen molar-refractivity contribution in [1.29, 1.82) is 5.26 Å². The number of ether oxygens (including phenoxy) is 2. The van der Waals surface area contributed by atoms with E-state index < -0.39 is 0 Å². The van der Waals surface area contributed by atoms with Crippen LogP contribution in [0.5, 0.6) is 11.5 Å². The molecule has 1 aromatic carbocycles. The molecule has 0 radical (unpaired) electrons. The van der Waals surface area contributed by atoms with Gasteiger partial charge in [-0.1, -0.05) is 12.1 Å². The standard InChI is InChI=1S/C10H11NO2/c1-2-12-9-5-3-4-6-10(9)13-8-7-11/h3-6H,2,8H2,1H3. The number of hydrogen-bond donors (Lipinski definition) is 0. The second kappa shape index (κ2) is 5.04. The summed E-state index contributed by atoms with van der Waals surface area (Å²) in [5.41, 5.74) is 0. The maximum Gasteiger partial charge on any atom is 0.174 e. The summed E-state index contributed by atoms with van der Waals surface area (Å²) in [5.74, 6) is 1.30. The van der Waals surface area contributed by atoms with Gasteiger partial charge in [-0.05, 0) is 19.1 Å². The molecule has 0 fully saturated rings. The van der Waals surface area contributed by atoms with E-state index in [1.807, 2.05) is 31.2 Å². The number of nitriles is 1. The highest BCUT2D eigenvalue weighted by atomic mass is 16.5. The van der Waals surface area contributed by atoms with Gasteiger partial charge in [-0.2, -0.15) is 5.26 Å². The van der Waals surface area contributed by atoms with Crippen molar-refractivity contribution in [2.24, 2.45) is 0 Å². The molecule has 68 valence electrons. The topological polar surface area (TPSA) is 42.2 Å². The number of rotatable bonds is 4. The van der Waals surface area contributed by atoms with Crippen LogP contribution in [0.3, 0.4) is 0 Å². The molecule has 0 aromatic heterocycles. The van der Waals surface area contributed by atoms with Crippen molar-refractivity contribution in [2.75, 3.05) is 13.2 Å². The molecule has 0 spiro atoms. The summed E-state index contributed by atoms with van der Waals surface area (Å²) in [7, 11) is 0. The molecule has 0 aliphatic heterocycles. The minimum atomic E-state index is 0.0457. The van der Waals surface area contributed by atoms with Gasteiger partial charge in [-0.3, -0.25) is 0 Å². The average Bonchev–Trinajstić information content (AvgIpc) is 2.17.